The van der Waals surface area contributed by atoms with Gasteiger partial charge in [-0.2, -0.15) is 0 Å². The van der Waals surface area contributed by atoms with Gasteiger partial charge in [0.25, 0.3) is 0 Å². The van der Waals surface area contributed by atoms with Crippen molar-refractivity contribution in [3.8, 4) is 0 Å². The summed E-state index contributed by atoms with van der Waals surface area (Å²) in [5.41, 5.74) is 1.37. The monoisotopic (exact) mass is 314 g/mol. The second kappa shape index (κ2) is 5.72. The summed E-state index contributed by atoms with van der Waals surface area (Å²) in [6.45, 7) is 3.50. The Kier molecular flexibility index (Phi) is 4.27. The predicted octanol–water partition coefficient (Wildman–Crippen LogP) is -1.71. The van der Waals surface area contributed by atoms with Crippen molar-refractivity contribution in [3.63, 3.8) is 0 Å². The van der Waals surface area contributed by atoms with Gasteiger partial charge in [0, 0.05) is 0 Å². The first-order valence-corrected chi connectivity index (χ1v) is 7.53. The zero-order valence-corrected chi connectivity index (χ0v) is 12.0. The van der Waals surface area contributed by atoms with Crippen LogP contribution < -0.4 is 21.9 Å². The number of aromatic nitrogens is 1. The van der Waals surface area contributed by atoms with Gasteiger partial charge in [0.15, 0.2) is 0 Å². The van der Waals surface area contributed by atoms with Crippen molar-refractivity contribution in [2.75, 3.05) is 18.0 Å². The van der Waals surface area contributed by atoms with E-state index in [0.29, 0.717) is 14.5 Å². The van der Waals surface area contributed by atoms with Crippen molar-refractivity contribution in [1.82, 2.24) is 0 Å². The van der Waals surface area contributed by atoms with E-state index in [2.05, 4.69) is 51.1 Å². The number of pyridine rings is 1. The Balaban J connectivity index is 0.00000108. The van der Waals surface area contributed by atoms with Crippen molar-refractivity contribution in [1.29, 1.82) is 0 Å². The van der Waals surface area contributed by atoms with Crippen LogP contribution in [0, 0.1) is 0 Å². The Labute approximate surface area is 114 Å². The number of anilines is 1. The molecule has 1 fully saturated rings. The van der Waals surface area contributed by atoms with E-state index in [0.717, 1.165) is 6.54 Å². The van der Waals surface area contributed by atoms with Gasteiger partial charge < -0.3 is 12.4 Å². The van der Waals surface area contributed by atoms with Crippen molar-refractivity contribution >= 4 is 20.2 Å². The van der Waals surface area contributed by atoms with E-state index in [4.69, 9.17) is 0 Å². The molecule has 1 saturated heterocycles. The molecule has 1 aliphatic heterocycles. The van der Waals surface area contributed by atoms with E-state index in [1.165, 1.54) is 25.2 Å². The first-order valence-electron chi connectivity index (χ1n) is 5.68. The Bertz CT molecular complexity index is 449. The summed E-state index contributed by atoms with van der Waals surface area (Å²) in [6, 6.07) is 8.88. The summed E-state index contributed by atoms with van der Waals surface area (Å²) in [7, 11) is 0. The molecule has 0 atom stereocenters. The summed E-state index contributed by atoms with van der Waals surface area (Å²) in [4.78, 5) is 4.70. The minimum absolute atomic E-state index is 0. The fraction of sp³-hybridized carbons (Fsp3) is 0.308. The maximum atomic E-state index is 2.42. The summed E-state index contributed by atoms with van der Waals surface area (Å²) in [5, 5.41) is 0. The van der Waals surface area contributed by atoms with E-state index in [1.807, 2.05) is 0 Å². The molecule has 0 bridgehead atoms. The molecular formula is C13H15ClN2Se. The maximum absolute atomic E-state index is 2.42. The van der Waals surface area contributed by atoms with Crippen LogP contribution >= 0.6 is 0 Å². The first-order chi connectivity index (χ1) is 7.92. The van der Waals surface area contributed by atoms with Crippen molar-refractivity contribution < 1.29 is 17.0 Å². The third kappa shape index (κ3) is 2.92. The predicted molar refractivity (Wildman–Crippen MR) is 66.0 cm³/mol. The van der Waals surface area contributed by atoms with Gasteiger partial charge in [0.2, 0.25) is 0 Å². The zero-order chi connectivity index (χ0) is 10.8. The Hall–Kier alpha value is -0.761. The fourth-order valence-corrected chi connectivity index (χ4v) is 3.42. The number of halogens is 1. The van der Waals surface area contributed by atoms with Crippen molar-refractivity contribution in [2.45, 2.75) is 13.0 Å². The van der Waals surface area contributed by atoms with Gasteiger partial charge in [-0.25, -0.2) is 0 Å². The van der Waals surface area contributed by atoms with Crippen LogP contribution in [0.5, 0.6) is 0 Å². The first kappa shape index (κ1) is 12.7. The standard InChI is InChI=1S/C13H15N2Se.ClH/c1-3-13(16-10-1)11-14-8-4-12(5-9-14)15-6-2-7-15;/h1,3-5,8-10H,2,6-7,11H2;1H/q+1;/p-1. The summed E-state index contributed by atoms with van der Waals surface area (Å²) >= 11 is 0.586. The molecular weight excluding hydrogens is 299 g/mol. The Morgan fingerprint density at radius 3 is 2.47 bits per heavy atom. The number of rotatable bonds is 3. The van der Waals surface area contributed by atoms with Crippen molar-refractivity contribution in [3.05, 3.63) is 46.0 Å². The third-order valence-corrected chi connectivity index (χ3v) is 4.82. The topological polar surface area (TPSA) is 7.12 Å². The van der Waals surface area contributed by atoms with Gasteiger partial charge in [-0.15, -0.1) is 0 Å². The van der Waals surface area contributed by atoms with Crippen LogP contribution in [0.2, 0.25) is 0 Å². The quantitative estimate of drug-likeness (QED) is 0.484. The van der Waals surface area contributed by atoms with Crippen LogP contribution in [0.3, 0.4) is 0 Å². The fourth-order valence-electron chi connectivity index (χ4n) is 1.92. The van der Waals surface area contributed by atoms with E-state index in [-0.39, 0.29) is 12.4 Å². The molecule has 0 amide bonds. The number of hydrogen-bond donors (Lipinski definition) is 0. The molecule has 0 aliphatic carbocycles. The minimum atomic E-state index is 0. The molecule has 2 nitrogen and oxygen atoms in total. The molecule has 0 unspecified atom stereocenters. The molecule has 17 heavy (non-hydrogen) atoms. The van der Waals surface area contributed by atoms with E-state index < -0.39 is 0 Å². The number of nitrogens with zero attached hydrogens (tertiary/aromatic N) is 2. The molecule has 1 aliphatic rings. The Morgan fingerprint density at radius 1 is 1.18 bits per heavy atom. The van der Waals surface area contributed by atoms with Crippen LogP contribution in [0.25, 0.3) is 0 Å². The van der Waals surface area contributed by atoms with Gasteiger partial charge in [-0.05, 0) is 0 Å². The second-order valence-corrected chi connectivity index (χ2v) is 6.31. The molecule has 0 spiro atoms. The van der Waals surface area contributed by atoms with Gasteiger partial charge in [-0.3, -0.25) is 0 Å². The van der Waals surface area contributed by atoms with E-state index >= 15 is 0 Å². The average molecular weight is 314 g/mol. The third-order valence-electron chi connectivity index (χ3n) is 3.01. The van der Waals surface area contributed by atoms with Crippen LogP contribution in [-0.4, -0.2) is 27.6 Å². The van der Waals surface area contributed by atoms with Gasteiger partial charge in [0.1, 0.15) is 0 Å². The molecule has 0 aromatic carbocycles. The summed E-state index contributed by atoms with van der Waals surface area (Å²) < 4.78 is 3.82. The summed E-state index contributed by atoms with van der Waals surface area (Å²) in [5.74, 6) is 0. The molecule has 0 saturated carbocycles. The second-order valence-electron chi connectivity index (χ2n) is 4.15. The average Bonchev–Trinajstić information content (AvgIpc) is 2.71. The van der Waals surface area contributed by atoms with Gasteiger partial charge in [0.05, 0.1) is 0 Å². The molecule has 0 radical (unpaired) electrons. The zero-order valence-electron chi connectivity index (χ0n) is 9.55. The van der Waals surface area contributed by atoms with Gasteiger partial charge in [-0.1, -0.05) is 0 Å². The van der Waals surface area contributed by atoms with Crippen LogP contribution in [-0.2, 0) is 6.54 Å². The van der Waals surface area contributed by atoms with Crippen LogP contribution in [0.4, 0.5) is 5.69 Å². The molecule has 3 rings (SSSR count). The molecule has 90 valence electrons. The van der Waals surface area contributed by atoms with E-state index in [9.17, 15) is 0 Å². The molecule has 4 heteroatoms. The van der Waals surface area contributed by atoms with Gasteiger partial charge >= 0.3 is 102 Å². The summed E-state index contributed by atoms with van der Waals surface area (Å²) in [6.07, 6.45) is 5.74. The number of hydrogen-bond acceptors (Lipinski definition) is 1. The SMILES string of the molecule is [Cl-].c1c[se]c(C[n+]2ccc(N3CCC3)cc2)c1. The van der Waals surface area contributed by atoms with Crippen LogP contribution in [0.1, 0.15) is 10.9 Å². The molecule has 2 aromatic heterocycles. The van der Waals surface area contributed by atoms with Crippen molar-refractivity contribution in [2.24, 2.45) is 0 Å². The Morgan fingerprint density at radius 2 is 1.94 bits per heavy atom. The molecule has 3 heterocycles. The normalized spacial score (nSPS) is 14.0. The molecule has 0 N–H and O–H groups in total. The van der Waals surface area contributed by atoms with Crippen LogP contribution in [0.15, 0.2) is 41.6 Å². The van der Waals surface area contributed by atoms with E-state index in [1.54, 1.807) is 4.44 Å². The molecule has 2 aromatic rings.